The van der Waals surface area contributed by atoms with Crippen molar-refractivity contribution in [2.45, 2.75) is 38.8 Å². The van der Waals surface area contributed by atoms with Crippen LogP contribution >= 0.6 is 0 Å². The van der Waals surface area contributed by atoms with Crippen LogP contribution in [-0.2, 0) is 13.0 Å². The Balaban J connectivity index is 1.55. The molecule has 0 radical (unpaired) electrons. The van der Waals surface area contributed by atoms with Crippen LogP contribution < -0.4 is 4.74 Å². The number of benzene rings is 1. The Bertz CT molecular complexity index is 686. The van der Waals surface area contributed by atoms with Crippen molar-refractivity contribution >= 4 is 0 Å². The summed E-state index contributed by atoms with van der Waals surface area (Å²) in [6.45, 7) is 6.37. The molecule has 0 spiro atoms. The number of imidazole rings is 1. The molecular weight excluding hydrogens is 309 g/mol. The third-order valence-corrected chi connectivity index (χ3v) is 4.48. The third kappa shape index (κ3) is 3.94. The molecule has 0 aliphatic carbocycles. The molecule has 1 saturated heterocycles. The minimum Gasteiger partial charge on any atom is -0.491 e. The number of hydrogen-bond donors (Lipinski definition) is 2. The summed E-state index contributed by atoms with van der Waals surface area (Å²) in [7, 11) is 0. The van der Waals surface area contributed by atoms with E-state index in [0.29, 0.717) is 18.7 Å². The van der Waals surface area contributed by atoms with Crippen LogP contribution in [-0.4, -0.2) is 45.3 Å². The van der Waals surface area contributed by atoms with Gasteiger partial charge in [-0.3, -0.25) is 4.90 Å². The molecule has 5 nitrogen and oxygen atoms in total. The van der Waals surface area contributed by atoms with Gasteiger partial charge in [0.05, 0.1) is 5.69 Å². The largest absolute Gasteiger partial charge is 0.491 e. The van der Waals surface area contributed by atoms with E-state index in [0.717, 1.165) is 36.7 Å². The van der Waals surface area contributed by atoms with Crippen molar-refractivity contribution in [2.24, 2.45) is 0 Å². The number of aryl methyl sites for hydroxylation is 2. The lowest BCUT2D eigenvalue weighted by Crippen LogP contribution is -2.39. The van der Waals surface area contributed by atoms with Crippen LogP contribution in [0.4, 0.5) is 4.39 Å². The second-order valence-corrected chi connectivity index (χ2v) is 6.54. The van der Waals surface area contributed by atoms with Crippen LogP contribution in [0.5, 0.6) is 5.75 Å². The number of nitrogens with one attached hydrogen (secondary N) is 1. The fourth-order valence-corrected chi connectivity index (χ4v) is 3.04. The van der Waals surface area contributed by atoms with E-state index >= 15 is 0 Å². The fourth-order valence-electron chi connectivity index (χ4n) is 3.04. The van der Waals surface area contributed by atoms with Crippen LogP contribution in [0.3, 0.4) is 0 Å². The second kappa shape index (κ2) is 6.91. The van der Waals surface area contributed by atoms with E-state index < -0.39 is 5.60 Å². The van der Waals surface area contributed by atoms with Crippen molar-refractivity contribution in [2.75, 3.05) is 19.7 Å². The molecule has 1 aliphatic heterocycles. The maximum Gasteiger partial charge on any atom is 0.123 e. The van der Waals surface area contributed by atoms with E-state index in [2.05, 4.69) is 21.8 Å². The highest BCUT2D eigenvalue weighted by Crippen LogP contribution is 2.25. The van der Waals surface area contributed by atoms with Gasteiger partial charge >= 0.3 is 0 Å². The first kappa shape index (κ1) is 16.9. The molecule has 1 fully saturated rings. The van der Waals surface area contributed by atoms with Crippen LogP contribution in [0.1, 0.15) is 30.6 Å². The molecule has 2 N–H and O–H groups in total. The van der Waals surface area contributed by atoms with Gasteiger partial charge in [-0.1, -0.05) is 6.92 Å². The molecule has 130 valence electrons. The van der Waals surface area contributed by atoms with Crippen LogP contribution in [0.2, 0.25) is 0 Å². The molecule has 3 rings (SSSR count). The zero-order chi connectivity index (χ0) is 17.2. The number of aromatic nitrogens is 2. The highest BCUT2D eigenvalue weighted by molar-refractivity contribution is 5.22. The van der Waals surface area contributed by atoms with E-state index in [9.17, 15) is 9.50 Å². The van der Waals surface area contributed by atoms with Crippen LogP contribution in [0.25, 0.3) is 0 Å². The molecule has 1 aromatic carbocycles. The Kier molecular flexibility index (Phi) is 4.87. The molecule has 0 amide bonds. The summed E-state index contributed by atoms with van der Waals surface area (Å²) in [6, 6.07) is 5.85. The van der Waals surface area contributed by atoms with Crippen molar-refractivity contribution in [3.8, 4) is 5.75 Å². The fraction of sp³-hybridized carbons (Fsp3) is 0.500. The standard InChI is InChI=1S/C18H24FN3O2/c1-3-17-20-13(2)16(21-17)10-22-9-8-18(23,11-22)12-24-15-6-4-14(19)5-7-15/h4-7,23H,3,8-12H2,1-2H3,(H,20,21). The summed E-state index contributed by atoms with van der Waals surface area (Å²) >= 11 is 0. The van der Waals surface area contributed by atoms with Gasteiger partial charge < -0.3 is 14.8 Å². The average Bonchev–Trinajstić information content (AvgIpc) is 3.11. The van der Waals surface area contributed by atoms with Gasteiger partial charge in [0.25, 0.3) is 0 Å². The van der Waals surface area contributed by atoms with E-state index in [4.69, 9.17) is 4.74 Å². The molecule has 1 aromatic heterocycles. The quantitative estimate of drug-likeness (QED) is 0.852. The molecule has 2 heterocycles. The molecule has 1 aliphatic rings. The van der Waals surface area contributed by atoms with Crippen LogP contribution in [0.15, 0.2) is 24.3 Å². The minimum atomic E-state index is -0.883. The number of halogens is 1. The number of ether oxygens (including phenoxy) is 1. The first-order chi connectivity index (χ1) is 11.5. The Hall–Kier alpha value is -1.92. The predicted octanol–water partition coefficient (Wildman–Crippen LogP) is 2.44. The van der Waals surface area contributed by atoms with Gasteiger partial charge in [-0.25, -0.2) is 9.37 Å². The van der Waals surface area contributed by atoms with E-state index in [1.807, 2.05) is 6.92 Å². The SMILES string of the molecule is CCc1nc(CN2CCC(O)(COc3ccc(F)cc3)C2)c(C)[nH]1. The number of rotatable bonds is 6. The first-order valence-electron chi connectivity index (χ1n) is 8.35. The number of nitrogens with zero attached hydrogens (tertiary/aromatic N) is 2. The lowest BCUT2D eigenvalue weighted by Gasteiger charge is -2.23. The highest BCUT2D eigenvalue weighted by atomic mass is 19.1. The van der Waals surface area contributed by atoms with Crippen molar-refractivity contribution in [3.63, 3.8) is 0 Å². The number of H-pyrrole nitrogens is 1. The molecule has 6 heteroatoms. The van der Waals surface area contributed by atoms with E-state index in [1.165, 1.54) is 12.1 Å². The predicted molar refractivity (Wildman–Crippen MR) is 89.4 cm³/mol. The number of hydrogen-bond acceptors (Lipinski definition) is 4. The van der Waals surface area contributed by atoms with Gasteiger partial charge in [0.2, 0.25) is 0 Å². The topological polar surface area (TPSA) is 61.4 Å². The first-order valence-corrected chi connectivity index (χ1v) is 8.35. The molecule has 24 heavy (non-hydrogen) atoms. The number of β-amino-alcohol motifs (C(OH)–C–C–N with tert-alkyl or cyclic N) is 1. The number of aromatic amines is 1. The lowest BCUT2D eigenvalue weighted by atomic mass is 10.1. The number of likely N-dealkylation sites (tertiary alicyclic amines) is 1. The molecule has 0 bridgehead atoms. The lowest BCUT2D eigenvalue weighted by molar-refractivity contribution is 0.00328. The Morgan fingerprint density at radius 3 is 2.79 bits per heavy atom. The van der Waals surface area contributed by atoms with Crippen molar-refractivity contribution in [1.82, 2.24) is 14.9 Å². The third-order valence-electron chi connectivity index (χ3n) is 4.48. The van der Waals surface area contributed by atoms with Crippen LogP contribution in [0, 0.1) is 12.7 Å². The van der Waals surface area contributed by atoms with Gasteiger partial charge in [0.1, 0.15) is 29.6 Å². The minimum absolute atomic E-state index is 0.203. The maximum atomic E-state index is 12.9. The van der Waals surface area contributed by atoms with Crippen molar-refractivity contribution in [3.05, 3.63) is 47.3 Å². The summed E-state index contributed by atoms with van der Waals surface area (Å²) in [4.78, 5) is 10.1. The van der Waals surface area contributed by atoms with E-state index in [1.54, 1.807) is 12.1 Å². The summed E-state index contributed by atoms with van der Waals surface area (Å²) in [6.07, 6.45) is 1.54. The molecule has 1 unspecified atom stereocenters. The second-order valence-electron chi connectivity index (χ2n) is 6.54. The van der Waals surface area contributed by atoms with Gasteiger partial charge in [-0.2, -0.15) is 0 Å². The maximum absolute atomic E-state index is 12.9. The zero-order valence-electron chi connectivity index (χ0n) is 14.2. The van der Waals surface area contributed by atoms with Gasteiger partial charge in [0, 0.05) is 31.7 Å². The summed E-state index contributed by atoms with van der Waals surface area (Å²) in [5, 5.41) is 10.7. The van der Waals surface area contributed by atoms with Gasteiger partial charge in [-0.15, -0.1) is 0 Å². The summed E-state index contributed by atoms with van der Waals surface area (Å²) in [5.74, 6) is 1.27. The molecule has 1 atom stereocenters. The van der Waals surface area contributed by atoms with Gasteiger partial charge in [0.15, 0.2) is 0 Å². The number of aliphatic hydroxyl groups is 1. The molecule has 0 saturated carbocycles. The van der Waals surface area contributed by atoms with Gasteiger partial charge in [-0.05, 0) is 37.6 Å². The Labute approximate surface area is 141 Å². The highest BCUT2D eigenvalue weighted by Gasteiger charge is 2.37. The molecule has 2 aromatic rings. The normalized spacial score (nSPS) is 21.3. The monoisotopic (exact) mass is 333 g/mol. The van der Waals surface area contributed by atoms with E-state index in [-0.39, 0.29) is 12.4 Å². The summed E-state index contributed by atoms with van der Waals surface area (Å²) in [5.41, 5.74) is 1.24. The van der Waals surface area contributed by atoms with Crippen molar-refractivity contribution in [1.29, 1.82) is 0 Å². The molecular formula is C18H24FN3O2. The Morgan fingerprint density at radius 1 is 1.38 bits per heavy atom. The Morgan fingerprint density at radius 2 is 2.12 bits per heavy atom. The average molecular weight is 333 g/mol. The summed E-state index contributed by atoms with van der Waals surface area (Å²) < 4.78 is 18.5. The smallest absolute Gasteiger partial charge is 0.123 e. The zero-order valence-corrected chi connectivity index (χ0v) is 14.2. The van der Waals surface area contributed by atoms with Crippen molar-refractivity contribution < 1.29 is 14.2 Å².